The third-order valence-corrected chi connectivity index (χ3v) is 3.39. The zero-order valence-electron chi connectivity index (χ0n) is 12.3. The number of nitro groups is 1. The van der Waals surface area contributed by atoms with E-state index in [9.17, 15) is 20.0 Å². The van der Waals surface area contributed by atoms with Crippen LogP contribution in [0, 0.1) is 10.1 Å². The quantitative estimate of drug-likeness (QED) is 0.428. The van der Waals surface area contributed by atoms with Gasteiger partial charge >= 0.3 is 0 Å². The van der Waals surface area contributed by atoms with Gasteiger partial charge in [0.05, 0.1) is 16.7 Å². The lowest BCUT2D eigenvalue weighted by Crippen LogP contribution is -2.27. The summed E-state index contributed by atoms with van der Waals surface area (Å²) in [7, 11) is 0. The molecule has 0 saturated carbocycles. The molecule has 2 aromatic carbocycles. The van der Waals surface area contributed by atoms with Gasteiger partial charge in [0.2, 0.25) is 0 Å². The first kappa shape index (κ1) is 16.4. The molecular weight excluding hydrogens is 298 g/mol. The molecule has 0 aliphatic heterocycles. The summed E-state index contributed by atoms with van der Waals surface area (Å²) < 4.78 is 0. The van der Waals surface area contributed by atoms with E-state index in [4.69, 9.17) is 5.73 Å². The normalized spacial score (nSPS) is 11.7. The summed E-state index contributed by atoms with van der Waals surface area (Å²) >= 11 is 0. The first-order valence-corrected chi connectivity index (χ1v) is 7.04. The number of hydrogen-bond donors (Lipinski definition) is 3. The van der Waals surface area contributed by atoms with Crippen LogP contribution in [-0.4, -0.2) is 22.5 Å². The van der Waals surface area contributed by atoms with E-state index in [1.807, 2.05) is 18.2 Å². The first-order valence-electron chi connectivity index (χ1n) is 7.04. The molecule has 0 radical (unpaired) electrons. The predicted molar refractivity (Wildman–Crippen MR) is 85.9 cm³/mol. The summed E-state index contributed by atoms with van der Waals surface area (Å²) in [5.41, 5.74) is 5.95. The van der Waals surface area contributed by atoms with Gasteiger partial charge < -0.3 is 16.2 Å². The van der Waals surface area contributed by atoms with Crippen LogP contribution in [0.2, 0.25) is 0 Å². The predicted octanol–water partition coefficient (Wildman–Crippen LogP) is 2.03. The van der Waals surface area contributed by atoms with Crippen molar-refractivity contribution >= 4 is 17.3 Å². The fourth-order valence-electron chi connectivity index (χ4n) is 2.21. The van der Waals surface area contributed by atoms with Gasteiger partial charge in [-0.2, -0.15) is 0 Å². The van der Waals surface area contributed by atoms with Gasteiger partial charge in [-0.25, -0.2) is 0 Å². The largest absolute Gasteiger partial charge is 0.398 e. The number of rotatable bonds is 6. The van der Waals surface area contributed by atoms with Gasteiger partial charge in [-0.05, 0) is 18.1 Å². The highest BCUT2D eigenvalue weighted by molar-refractivity contribution is 6.03. The van der Waals surface area contributed by atoms with Crippen molar-refractivity contribution in [1.29, 1.82) is 0 Å². The number of nitrogen functional groups attached to an aromatic ring is 1. The van der Waals surface area contributed by atoms with Gasteiger partial charge in [-0.15, -0.1) is 0 Å². The highest BCUT2D eigenvalue weighted by atomic mass is 16.6. The molecule has 0 heterocycles. The number of aliphatic hydroxyl groups is 1. The van der Waals surface area contributed by atoms with E-state index in [0.29, 0.717) is 0 Å². The number of nitrogens with two attached hydrogens (primary N) is 1. The Bertz CT molecular complexity index is 704. The van der Waals surface area contributed by atoms with Crippen LogP contribution in [0.5, 0.6) is 0 Å². The summed E-state index contributed by atoms with van der Waals surface area (Å²) in [5.74, 6) is -0.630. The lowest BCUT2D eigenvalue weighted by Gasteiger charge is -2.12. The molecule has 1 atom stereocenters. The molecule has 0 aromatic heterocycles. The fourth-order valence-corrected chi connectivity index (χ4v) is 2.21. The summed E-state index contributed by atoms with van der Waals surface area (Å²) in [6.45, 7) is 0.167. The van der Waals surface area contributed by atoms with Crippen molar-refractivity contribution in [2.45, 2.75) is 12.5 Å². The minimum atomic E-state index is -0.723. The summed E-state index contributed by atoms with van der Waals surface area (Å²) in [4.78, 5) is 22.5. The number of nitrogens with zero attached hydrogens (tertiary/aromatic N) is 1. The Hall–Kier alpha value is -2.93. The van der Waals surface area contributed by atoms with Crippen LogP contribution in [0.4, 0.5) is 11.4 Å². The third kappa shape index (κ3) is 4.04. The maximum atomic E-state index is 12.1. The van der Waals surface area contributed by atoms with Crippen molar-refractivity contribution in [3.8, 4) is 0 Å². The van der Waals surface area contributed by atoms with Gasteiger partial charge in [-0.1, -0.05) is 36.4 Å². The number of nitrogens with one attached hydrogen (secondary N) is 1. The lowest BCUT2D eigenvalue weighted by atomic mass is 10.1. The molecule has 23 heavy (non-hydrogen) atoms. The van der Waals surface area contributed by atoms with E-state index in [2.05, 4.69) is 5.32 Å². The highest BCUT2D eigenvalue weighted by Crippen LogP contribution is 2.24. The number of hydrogen-bond acceptors (Lipinski definition) is 5. The van der Waals surface area contributed by atoms with Crippen LogP contribution in [-0.2, 0) is 0 Å². The molecule has 2 aromatic rings. The number of anilines is 1. The minimum Gasteiger partial charge on any atom is -0.398 e. The lowest BCUT2D eigenvalue weighted by molar-refractivity contribution is -0.385. The van der Waals surface area contributed by atoms with Crippen molar-refractivity contribution in [1.82, 2.24) is 5.32 Å². The smallest absolute Gasteiger partial charge is 0.284 e. The Morgan fingerprint density at radius 2 is 1.91 bits per heavy atom. The Morgan fingerprint density at radius 3 is 2.57 bits per heavy atom. The van der Waals surface area contributed by atoms with Crippen LogP contribution in [0.3, 0.4) is 0 Å². The molecule has 0 bridgehead atoms. The second-order valence-electron chi connectivity index (χ2n) is 4.97. The number of nitro benzene ring substituents is 1. The van der Waals surface area contributed by atoms with E-state index >= 15 is 0 Å². The molecule has 0 saturated heterocycles. The molecule has 7 heteroatoms. The number of carbonyl (C=O) groups is 1. The Morgan fingerprint density at radius 1 is 1.22 bits per heavy atom. The molecule has 7 nitrogen and oxygen atoms in total. The van der Waals surface area contributed by atoms with Gasteiger partial charge in [0, 0.05) is 12.6 Å². The molecule has 4 N–H and O–H groups in total. The summed E-state index contributed by atoms with van der Waals surface area (Å²) in [6.07, 6.45) is -0.435. The minimum absolute atomic E-state index is 0.0420. The number of benzene rings is 2. The SMILES string of the molecule is Nc1cccc([N+](=O)[O-])c1C(=O)NCCC(O)c1ccccc1. The molecule has 0 aliphatic rings. The molecule has 0 fully saturated rings. The molecule has 0 spiro atoms. The fraction of sp³-hybridized carbons (Fsp3) is 0.188. The van der Waals surface area contributed by atoms with E-state index < -0.39 is 16.9 Å². The molecule has 120 valence electrons. The van der Waals surface area contributed by atoms with Crippen LogP contribution in [0.25, 0.3) is 0 Å². The summed E-state index contributed by atoms with van der Waals surface area (Å²) in [5, 5.41) is 23.5. The maximum Gasteiger partial charge on any atom is 0.284 e. The van der Waals surface area contributed by atoms with Crippen LogP contribution in [0.1, 0.15) is 28.4 Å². The van der Waals surface area contributed by atoms with Crippen molar-refractivity contribution in [2.24, 2.45) is 0 Å². The second kappa shape index (κ2) is 7.37. The van der Waals surface area contributed by atoms with Crippen molar-refractivity contribution in [3.63, 3.8) is 0 Å². The number of aliphatic hydroxyl groups excluding tert-OH is 1. The van der Waals surface area contributed by atoms with Crippen LogP contribution in [0.15, 0.2) is 48.5 Å². The van der Waals surface area contributed by atoms with Crippen LogP contribution >= 0.6 is 0 Å². The summed E-state index contributed by atoms with van der Waals surface area (Å²) in [6, 6.07) is 13.1. The standard InChI is InChI=1S/C16H17N3O4/c17-12-7-4-8-13(19(22)23)15(12)16(21)18-10-9-14(20)11-5-2-1-3-6-11/h1-8,14,20H,9-10,17H2,(H,18,21). The Balaban J connectivity index is 2.00. The number of amides is 1. The Labute approximate surface area is 132 Å². The third-order valence-electron chi connectivity index (χ3n) is 3.39. The average molecular weight is 315 g/mol. The van der Waals surface area contributed by atoms with Crippen molar-refractivity contribution < 1.29 is 14.8 Å². The van der Waals surface area contributed by atoms with Gasteiger partial charge in [0.25, 0.3) is 11.6 Å². The van der Waals surface area contributed by atoms with Gasteiger partial charge in [0.15, 0.2) is 0 Å². The highest BCUT2D eigenvalue weighted by Gasteiger charge is 2.22. The van der Waals surface area contributed by atoms with Gasteiger partial charge in [-0.3, -0.25) is 14.9 Å². The maximum absolute atomic E-state index is 12.1. The van der Waals surface area contributed by atoms with E-state index in [-0.39, 0.29) is 29.9 Å². The van der Waals surface area contributed by atoms with E-state index in [1.165, 1.54) is 18.2 Å². The molecule has 1 amide bonds. The molecule has 1 unspecified atom stereocenters. The van der Waals surface area contributed by atoms with E-state index in [0.717, 1.165) is 5.56 Å². The number of carbonyl (C=O) groups excluding carboxylic acids is 1. The average Bonchev–Trinajstić information content (AvgIpc) is 2.55. The van der Waals surface area contributed by atoms with E-state index in [1.54, 1.807) is 12.1 Å². The van der Waals surface area contributed by atoms with Crippen molar-refractivity contribution in [3.05, 3.63) is 69.8 Å². The molecule has 2 rings (SSSR count). The molecular formula is C16H17N3O4. The topological polar surface area (TPSA) is 118 Å². The van der Waals surface area contributed by atoms with Crippen molar-refractivity contribution in [2.75, 3.05) is 12.3 Å². The first-order chi connectivity index (χ1) is 11.0. The molecule has 0 aliphatic carbocycles. The Kier molecular flexibility index (Phi) is 5.27. The van der Waals surface area contributed by atoms with Gasteiger partial charge in [0.1, 0.15) is 5.56 Å². The second-order valence-corrected chi connectivity index (χ2v) is 4.97. The monoisotopic (exact) mass is 315 g/mol. The zero-order chi connectivity index (χ0) is 16.8. The van der Waals surface area contributed by atoms with Crippen LogP contribution < -0.4 is 11.1 Å². The zero-order valence-corrected chi connectivity index (χ0v) is 12.3.